The number of piperidine rings is 1. The van der Waals surface area contributed by atoms with Gasteiger partial charge in [0.25, 0.3) is 0 Å². The maximum Gasteiger partial charge on any atom is 0.213 e. The Kier molecular flexibility index (Phi) is 5.41. The molecule has 20 heavy (non-hydrogen) atoms. The average molecular weight is 276 g/mol. The highest BCUT2D eigenvalue weighted by atomic mass is 16.5. The molecule has 0 aliphatic carbocycles. The van der Waals surface area contributed by atoms with Gasteiger partial charge >= 0.3 is 0 Å². The quantitative estimate of drug-likeness (QED) is 0.811. The second kappa shape index (κ2) is 7.07. The number of hydrogen-bond donors (Lipinski definition) is 0. The van der Waals surface area contributed by atoms with E-state index in [4.69, 9.17) is 4.74 Å². The Balaban J connectivity index is 2.07. The van der Waals surface area contributed by atoms with Crippen molar-refractivity contribution in [1.82, 2.24) is 9.88 Å². The molecule has 0 bridgehead atoms. The Morgan fingerprint density at radius 3 is 2.65 bits per heavy atom. The van der Waals surface area contributed by atoms with Crippen LogP contribution in [0.15, 0.2) is 18.3 Å². The second-order valence-corrected chi connectivity index (χ2v) is 6.50. The summed E-state index contributed by atoms with van der Waals surface area (Å²) in [7, 11) is 0. The number of hydrogen-bond acceptors (Lipinski definition) is 3. The summed E-state index contributed by atoms with van der Waals surface area (Å²) in [5.74, 6) is 1.45. The summed E-state index contributed by atoms with van der Waals surface area (Å²) in [5.41, 5.74) is 1.33. The van der Waals surface area contributed by atoms with E-state index >= 15 is 0 Å². The van der Waals surface area contributed by atoms with E-state index in [0.29, 0.717) is 12.0 Å². The van der Waals surface area contributed by atoms with Crippen LogP contribution in [0.1, 0.15) is 58.6 Å². The van der Waals surface area contributed by atoms with Crippen molar-refractivity contribution < 1.29 is 4.74 Å². The minimum absolute atomic E-state index is 0.181. The Morgan fingerprint density at radius 2 is 2.05 bits per heavy atom. The Morgan fingerprint density at radius 1 is 1.25 bits per heavy atom. The lowest BCUT2D eigenvalue weighted by atomic mass is 9.95. The monoisotopic (exact) mass is 276 g/mol. The molecule has 2 rings (SSSR count). The molecule has 1 fully saturated rings. The van der Waals surface area contributed by atoms with Crippen LogP contribution in [-0.2, 0) is 0 Å². The van der Waals surface area contributed by atoms with Crippen molar-refractivity contribution in [2.45, 2.75) is 59.1 Å². The van der Waals surface area contributed by atoms with Gasteiger partial charge in [-0.25, -0.2) is 4.98 Å². The lowest BCUT2D eigenvalue weighted by Crippen LogP contribution is -2.36. The van der Waals surface area contributed by atoms with Crippen molar-refractivity contribution in [3.05, 3.63) is 23.9 Å². The van der Waals surface area contributed by atoms with E-state index in [1.807, 2.05) is 26.1 Å². The van der Waals surface area contributed by atoms with E-state index in [1.165, 1.54) is 37.9 Å². The molecule has 1 aromatic heterocycles. The molecule has 0 radical (unpaired) electrons. The number of nitrogens with zero attached hydrogens (tertiary/aromatic N) is 2. The SMILES string of the molecule is CC(C)CN1CCCCC1c1ccc(OC(C)C)nc1. The molecule has 0 saturated carbocycles. The zero-order chi connectivity index (χ0) is 14.5. The van der Waals surface area contributed by atoms with Crippen LogP contribution in [-0.4, -0.2) is 29.1 Å². The molecule has 1 aliphatic rings. The van der Waals surface area contributed by atoms with E-state index in [-0.39, 0.29) is 6.10 Å². The fourth-order valence-corrected chi connectivity index (χ4v) is 2.96. The topological polar surface area (TPSA) is 25.4 Å². The van der Waals surface area contributed by atoms with E-state index in [2.05, 4.69) is 29.8 Å². The van der Waals surface area contributed by atoms with E-state index in [0.717, 1.165) is 5.88 Å². The van der Waals surface area contributed by atoms with Gasteiger partial charge in [0.2, 0.25) is 5.88 Å². The minimum atomic E-state index is 0.181. The molecule has 2 heterocycles. The highest BCUT2D eigenvalue weighted by molar-refractivity contribution is 5.21. The average Bonchev–Trinajstić information content (AvgIpc) is 2.39. The molecular formula is C17H28N2O. The second-order valence-electron chi connectivity index (χ2n) is 6.50. The summed E-state index contributed by atoms with van der Waals surface area (Å²) in [6.45, 7) is 11.0. The third kappa shape index (κ3) is 4.20. The van der Waals surface area contributed by atoms with E-state index < -0.39 is 0 Å². The molecule has 1 atom stereocenters. The fraction of sp³-hybridized carbons (Fsp3) is 0.706. The first-order valence-corrected chi connectivity index (χ1v) is 7.93. The van der Waals surface area contributed by atoms with Gasteiger partial charge in [0, 0.05) is 24.8 Å². The third-order valence-electron chi connectivity index (χ3n) is 3.71. The van der Waals surface area contributed by atoms with E-state index in [9.17, 15) is 0 Å². The molecule has 0 N–H and O–H groups in total. The van der Waals surface area contributed by atoms with Crippen LogP contribution in [0.3, 0.4) is 0 Å². The van der Waals surface area contributed by atoms with Gasteiger partial charge in [-0.2, -0.15) is 0 Å². The van der Waals surface area contributed by atoms with Crippen LogP contribution in [0.4, 0.5) is 0 Å². The molecule has 0 amide bonds. The molecule has 112 valence electrons. The van der Waals surface area contributed by atoms with Crippen LogP contribution in [0.2, 0.25) is 0 Å². The zero-order valence-corrected chi connectivity index (χ0v) is 13.3. The van der Waals surface area contributed by atoms with Gasteiger partial charge in [0.05, 0.1) is 6.10 Å². The fourth-order valence-electron chi connectivity index (χ4n) is 2.96. The summed E-state index contributed by atoms with van der Waals surface area (Å²) in [5, 5.41) is 0. The predicted octanol–water partition coefficient (Wildman–Crippen LogP) is 4.05. The Bertz CT molecular complexity index is 400. The summed E-state index contributed by atoms with van der Waals surface area (Å²) < 4.78 is 5.62. The zero-order valence-electron chi connectivity index (χ0n) is 13.3. The van der Waals surface area contributed by atoms with Gasteiger partial charge in [-0.1, -0.05) is 26.3 Å². The Labute approximate surface area is 123 Å². The molecule has 0 aromatic carbocycles. The van der Waals surface area contributed by atoms with Crippen molar-refractivity contribution in [1.29, 1.82) is 0 Å². The molecular weight excluding hydrogens is 248 g/mol. The molecule has 3 nitrogen and oxygen atoms in total. The van der Waals surface area contributed by atoms with E-state index in [1.54, 1.807) is 0 Å². The van der Waals surface area contributed by atoms with Crippen molar-refractivity contribution in [2.24, 2.45) is 5.92 Å². The smallest absolute Gasteiger partial charge is 0.213 e. The van der Waals surface area contributed by atoms with Crippen molar-refractivity contribution in [3.63, 3.8) is 0 Å². The summed E-state index contributed by atoms with van der Waals surface area (Å²) in [6, 6.07) is 4.73. The molecule has 3 heteroatoms. The van der Waals surface area contributed by atoms with Crippen LogP contribution < -0.4 is 4.74 Å². The predicted molar refractivity (Wildman–Crippen MR) is 83.0 cm³/mol. The summed E-state index contributed by atoms with van der Waals surface area (Å²) in [4.78, 5) is 7.08. The normalized spacial score (nSPS) is 20.6. The lowest BCUT2D eigenvalue weighted by molar-refractivity contribution is 0.132. The number of rotatable bonds is 5. The molecule has 0 spiro atoms. The number of ether oxygens (including phenoxy) is 1. The number of aromatic nitrogens is 1. The maximum atomic E-state index is 5.62. The first-order chi connectivity index (χ1) is 9.56. The van der Waals surface area contributed by atoms with Crippen LogP contribution in [0.5, 0.6) is 5.88 Å². The molecule has 1 aromatic rings. The molecule has 1 saturated heterocycles. The first-order valence-electron chi connectivity index (χ1n) is 7.93. The Hall–Kier alpha value is -1.09. The minimum Gasteiger partial charge on any atom is -0.475 e. The first kappa shape index (κ1) is 15.3. The van der Waals surface area contributed by atoms with Crippen LogP contribution in [0, 0.1) is 5.92 Å². The lowest BCUT2D eigenvalue weighted by Gasteiger charge is -2.37. The largest absolute Gasteiger partial charge is 0.475 e. The van der Waals surface area contributed by atoms with Gasteiger partial charge in [-0.05, 0) is 44.7 Å². The van der Waals surface area contributed by atoms with Gasteiger partial charge in [0.15, 0.2) is 0 Å². The van der Waals surface area contributed by atoms with Crippen LogP contribution >= 0.6 is 0 Å². The summed E-state index contributed by atoms with van der Waals surface area (Å²) >= 11 is 0. The van der Waals surface area contributed by atoms with Gasteiger partial charge in [-0.3, -0.25) is 4.90 Å². The maximum absolute atomic E-state index is 5.62. The van der Waals surface area contributed by atoms with Gasteiger partial charge < -0.3 is 4.74 Å². The molecule has 1 aliphatic heterocycles. The molecule has 1 unspecified atom stereocenters. The van der Waals surface area contributed by atoms with Gasteiger partial charge in [-0.15, -0.1) is 0 Å². The summed E-state index contributed by atoms with van der Waals surface area (Å²) in [6.07, 6.45) is 6.08. The van der Waals surface area contributed by atoms with Gasteiger partial charge in [0.1, 0.15) is 0 Å². The van der Waals surface area contributed by atoms with Crippen LogP contribution in [0.25, 0.3) is 0 Å². The number of pyridine rings is 1. The highest BCUT2D eigenvalue weighted by Crippen LogP contribution is 2.31. The van der Waals surface area contributed by atoms with Crippen molar-refractivity contribution in [3.8, 4) is 5.88 Å². The van der Waals surface area contributed by atoms with Crippen molar-refractivity contribution >= 4 is 0 Å². The standard InChI is InChI=1S/C17H28N2O/c1-13(2)12-19-10-6-5-7-16(19)15-8-9-17(18-11-15)20-14(3)4/h8-9,11,13-14,16H,5-7,10,12H2,1-4H3. The highest BCUT2D eigenvalue weighted by Gasteiger charge is 2.24. The van der Waals surface area contributed by atoms with Crippen molar-refractivity contribution in [2.75, 3.05) is 13.1 Å². The third-order valence-corrected chi connectivity index (χ3v) is 3.71. The number of likely N-dealkylation sites (tertiary alicyclic amines) is 1.